The Morgan fingerprint density at radius 3 is 2.47 bits per heavy atom. The summed E-state index contributed by atoms with van der Waals surface area (Å²) >= 11 is 6.83. The van der Waals surface area contributed by atoms with Crippen LogP contribution in [0.2, 0.25) is 0 Å². The van der Waals surface area contributed by atoms with Crippen molar-refractivity contribution in [3.05, 3.63) is 58.9 Å². The molecule has 168 valence electrons. The van der Waals surface area contributed by atoms with Gasteiger partial charge in [-0.3, -0.25) is 0 Å². The molecule has 2 aromatic carbocycles. The Bertz CT molecular complexity index is 1230. The predicted molar refractivity (Wildman–Crippen MR) is 131 cm³/mol. The predicted octanol–water partition coefficient (Wildman–Crippen LogP) is 7.19. The molecule has 1 aliphatic carbocycles. The van der Waals surface area contributed by atoms with Crippen LogP contribution in [0.4, 0.5) is 11.4 Å². The van der Waals surface area contributed by atoms with Gasteiger partial charge in [-0.05, 0) is 55.5 Å². The van der Waals surface area contributed by atoms with E-state index in [4.69, 9.17) is 25.5 Å². The van der Waals surface area contributed by atoms with Crippen LogP contribution in [-0.2, 0) is 5.41 Å². The standard InChI is InChI=1S/C27H30ClNO3/c1-15-11-20(24(15)28)29(25-16(2)12-23-26(17(25)3)31-10-9-30-23)21-14-32-22-8-7-18(13-19(21)22)27(4,5)6/h7-8,11-14,20,24H,9-10H2,1-6H3/t20?,24-/m0/s1. The van der Waals surface area contributed by atoms with E-state index in [0.717, 1.165) is 45.0 Å². The van der Waals surface area contributed by atoms with Crippen molar-refractivity contribution in [1.82, 2.24) is 0 Å². The second kappa shape index (κ2) is 7.48. The molecular weight excluding hydrogens is 422 g/mol. The lowest BCUT2D eigenvalue weighted by Gasteiger charge is -2.42. The number of benzene rings is 2. The van der Waals surface area contributed by atoms with Crippen LogP contribution in [0.5, 0.6) is 11.5 Å². The molecule has 0 saturated carbocycles. The number of ether oxygens (including phenoxy) is 2. The van der Waals surface area contributed by atoms with Gasteiger partial charge in [0.25, 0.3) is 0 Å². The van der Waals surface area contributed by atoms with Gasteiger partial charge in [0.1, 0.15) is 25.1 Å². The van der Waals surface area contributed by atoms with Gasteiger partial charge in [-0.2, -0.15) is 0 Å². The highest BCUT2D eigenvalue weighted by atomic mass is 35.5. The summed E-state index contributed by atoms with van der Waals surface area (Å²) in [6.07, 6.45) is 4.09. The number of alkyl halides is 1. The number of hydrogen-bond donors (Lipinski definition) is 0. The molecule has 0 radical (unpaired) electrons. The van der Waals surface area contributed by atoms with Crippen molar-refractivity contribution in [2.75, 3.05) is 18.1 Å². The Hall–Kier alpha value is -2.59. The second-order valence-corrected chi connectivity index (χ2v) is 10.4. The van der Waals surface area contributed by atoms with E-state index in [1.165, 1.54) is 11.1 Å². The van der Waals surface area contributed by atoms with Crippen molar-refractivity contribution in [2.24, 2.45) is 0 Å². The number of aryl methyl sites for hydroxylation is 1. The lowest BCUT2D eigenvalue weighted by Crippen LogP contribution is -2.44. The Kier molecular flexibility index (Phi) is 4.97. The van der Waals surface area contributed by atoms with Gasteiger partial charge in [-0.1, -0.05) is 38.5 Å². The van der Waals surface area contributed by atoms with Gasteiger partial charge in [-0.25, -0.2) is 0 Å². The quantitative estimate of drug-likeness (QED) is 0.311. The third-order valence-corrected chi connectivity index (χ3v) is 7.22. The summed E-state index contributed by atoms with van der Waals surface area (Å²) in [6.45, 7) is 14.1. The topological polar surface area (TPSA) is 34.8 Å². The number of halogens is 1. The highest BCUT2D eigenvalue weighted by Gasteiger charge is 2.38. The van der Waals surface area contributed by atoms with E-state index in [2.05, 4.69) is 76.8 Å². The summed E-state index contributed by atoms with van der Waals surface area (Å²) in [4.78, 5) is 2.33. The molecule has 0 fully saturated rings. The fourth-order valence-electron chi connectivity index (χ4n) is 4.77. The molecule has 1 unspecified atom stereocenters. The van der Waals surface area contributed by atoms with Crippen molar-refractivity contribution in [3.8, 4) is 11.5 Å². The molecule has 0 bridgehead atoms. The molecule has 4 nitrogen and oxygen atoms in total. The molecule has 5 rings (SSSR count). The van der Waals surface area contributed by atoms with Gasteiger partial charge in [0, 0.05) is 10.9 Å². The molecule has 2 aliphatic rings. The smallest absolute Gasteiger partial charge is 0.166 e. The second-order valence-electron chi connectivity index (χ2n) is 9.95. The summed E-state index contributed by atoms with van der Waals surface area (Å²) in [7, 11) is 0. The molecular formula is C27H30ClNO3. The van der Waals surface area contributed by atoms with Crippen LogP contribution in [0.1, 0.15) is 44.4 Å². The van der Waals surface area contributed by atoms with E-state index in [-0.39, 0.29) is 16.8 Å². The highest BCUT2D eigenvalue weighted by Crippen LogP contribution is 2.49. The monoisotopic (exact) mass is 451 g/mol. The van der Waals surface area contributed by atoms with Crippen molar-refractivity contribution < 1.29 is 13.9 Å². The number of nitrogens with zero attached hydrogens (tertiary/aromatic N) is 1. The summed E-state index contributed by atoms with van der Waals surface area (Å²) in [6, 6.07) is 8.57. The van der Waals surface area contributed by atoms with Gasteiger partial charge in [0.2, 0.25) is 0 Å². The van der Waals surface area contributed by atoms with Crippen molar-refractivity contribution in [1.29, 1.82) is 0 Å². The van der Waals surface area contributed by atoms with Gasteiger partial charge in [0.05, 0.1) is 22.8 Å². The minimum absolute atomic E-state index is 0.0238. The zero-order chi connectivity index (χ0) is 22.8. The van der Waals surface area contributed by atoms with Crippen LogP contribution < -0.4 is 14.4 Å². The van der Waals surface area contributed by atoms with E-state index in [0.29, 0.717) is 13.2 Å². The van der Waals surface area contributed by atoms with E-state index in [1.807, 2.05) is 6.26 Å². The summed E-state index contributed by atoms with van der Waals surface area (Å²) in [5.41, 5.74) is 7.67. The minimum atomic E-state index is -0.0715. The van der Waals surface area contributed by atoms with E-state index < -0.39 is 0 Å². The maximum Gasteiger partial charge on any atom is 0.166 e. The Morgan fingerprint density at radius 1 is 1.03 bits per heavy atom. The Balaban J connectivity index is 1.75. The van der Waals surface area contributed by atoms with Gasteiger partial charge >= 0.3 is 0 Å². The molecule has 1 aliphatic heterocycles. The summed E-state index contributed by atoms with van der Waals surface area (Å²) < 4.78 is 17.9. The Morgan fingerprint density at radius 2 is 1.78 bits per heavy atom. The van der Waals surface area contributed by atoms with Crippen LogP contribution in [0.3, 0.4) is 0 Å². The molecule has 0 N–H and O–H groups in total. The molecule has 0 spiro atoms. The zero-order valence-electron chi connectivity index (χ0n) is 19.6. The minimum Gasteiger partial charge on any atom is -0.486 e. The van der Waals surface area contributed by atoms with Crippen molar-refractivity contribution in [3.63, 3.8) is 0 Å². The van der Waals surface area contributed by atoms with Crippen LogP contribution in [0, 0.1) is 13.8 Å². The largest absolute Gasteiger partial charge is 0.486 e. The molecule has 2 atom stereocenters. The molecule has 1 aromatic heterocycles. The molecule has 2 heterocycles. The normalized spacial score (nSPS) is 20.2. The highest BCUT2D eigenvalue weighted by molar-refractivity contribution is 6.24. The lowest BCUT2D eigenvalue weighted by atomic mass is 9.86. The molecule has 5 heteroatoms. The first kappa shape index (κ1) is 21.3. The van der Waals surface area contributed by atoms with Crippen LogP contribution in [0.25, 0.3) is 11.0 Å². The van der Waals surface area contributed by atoms with E-state index in [9.17, 15) is 0 Å². The molecule has 0 amide bonds. The maximum atomic E-state index is 6.83. The molecule has 0 saturated heterocycles. The fraction of sp³-hybridized carbons (Fsp3) is 0.407. The average Bonchev–Trinajstić information content (AvgIpc) is 3.17. The van der Waals surface area contributed by atoms with Gasteiger partial charge in [-0.15, -0.1) is 11.6 Å². The van der Waals surface area contributed by atoms with Crippen molar-refractivity contribution >= 4 is 33.9 Å². The maximum absolute atomic E-state index is 6.83. The number of hydrogen-bond acceptors (Lipinski definition) is 4. The first-order chi connectivity index (χ1) is 15.2. The zero-order valence-corrected chi connectivity index (χ0v) is 20.3. The van der Waals surface area contributed by atoms with Crippen LogP contribution >= 0.6 is 11.6 Å². The van der Waals surface area contributed by atoms with E-state index in [1.54, 1.807) is 0 Å². The van der Waals surface area contributed by atoms with Crippen LogP contribution in [-0.4, -0.2) is 24.6 Å². The van der Waals surface area contributed by atoms with Crippen LogP contribution in [0.15, 0.2) is 46.6 Å². The number of fused-ring (bicyclic) bond motifs is 2. The third kappa shape index (κ3) is 3.27. The third-order valence-electron chi connectivity index (χ3n) is 6.61. The number of furan rings is 1. The summed E-state index contributed by atoms with van der Waals surface area (Å²) in [5, 5.41) is 1.02. The average molecular weight is 452 g/mol. The first-order valence-electron chi connectivity index (χ1n) is 11.2. The first-order valence-corrected chi connectivity index (χ1v) is 11.6. The lowest BCUT2D eigenvalue weighted by molar-refractivity contribution is 0.170. The van der Waals surface area contributed by atoms with Crippen molar-refractivity contribution in [2.45, 2.75) is 58.4 Å². The van der Waals surface area contributed by atoms with Gasteiger partial charge < -0.3 is 18.8 Å². The summed E-state index contributed by atoms with van der Waals surface area (Å²) in [5.74, 6) is 1.63. The number of rotatable bonds is 3. The molecule has 3 aromatic rings. The SMILES string of the molecule is CC1=CC(N(c2c(C)cc3c(c2C)OCCO3)c2coc3ccc(C(C)(C)C)cc23)[C@H]1Cl. The number of anilines is 2. The fourth-order valence-corrected chi connectivity index (χ4v) is 5.03. The van der Waals surface area contributed by atoms with Gasteiger partial charge in [0.15, 0.2) is 11.5 Å². The van der Waals surface area contributed by atoms with E-state index >= 15 is 0 Å². The Labute approximate surface area is 194 Å². The molecule has 32 heavy (non-hydrogen) atoms.